The van der Waals surface area contributed by atoms with Gasteiger partial charge < -0.3 is 9.84 Å². The highest BCUT2D eigenvalue weighted by molar-refractivity contribution is 7.15. The average Bonchev–Trinajstić information content (AvgIpc) is 3.31. The van der Waals surface area contributed by atoms with Crippen LogP contribution < -0.4 is 5.32 Å². The van der Waals surface area contributed by atoms with Crippen LogP contribution >= 0.6 is 11.3 Å². The second kappa shape index (κ2) is 7.73. The van der Waals surface area contributed by atoms with E-state index in [1.54, 1.807) is 11.3 Å². The van der Waals surface area contributed by atoms with Crippen molar-refractivity contribution in [2.75, 3.05) is 0 Å². The normalized spacial score (nSPS) is 15.2. The third-order valence-electron chi connectivity index (χ3n) is 4.37. The van der Waals surface area contributed by atoms with E-state index in [0.717, 1.165) is 34.4 Å². The van der Waals surface area contributed by atoms with Crippen LogP contribution in [0.1, 0.15) is 56.2 Å². The van der Waals surface area contributed by atoms with Crippen molar-refractivity contribution in [3.05, 3.63) is 22.9 Å². The van der Waals surface area contributed by atoms with Crippen molar-refractivity contribution in [3.8, 4) is 10.7 Å². The zero-order valence-electron chi connectivity index (χ0n) is 13.5. The average molecular weight is 333 g/mol. The number of carbonyl (C=O) groups is 1. The largest absolute Gasteiger partial charge is 0.351 e. The molecule has 0 aliphatic heterocycles. The van der Waals surface area contributed by atoms with Gasteiger partial charge in [0.2, 0.25) is 17.6 Å². The van der Waals surface area contributed by atoms with Gasteiger partial charge in [0.1, 0.15) is 0 Å². The Kier molecular flexibility index (Phi) is 5.43. The van der Waals surface area contributed by atoms with Crippen LogP contribution in [0.15, 0.2) is 16.7 Å². The van der Waals surface area contributed by atoms with E-state index in [1.165, 1.54) is 25.7 Å². The number of thiophene rings is 1. The number of hydrogen-bond donors (Lipinski definition) is 1. The van der Waals surface area contributed by atoms with Crippen molar-refractivity contribution >= 4 is 17.2 Å². The molecular weight excluding hydrogens is 310 g/mol. The predicted octanol–water partition coefficient (Wildman–Crippen LogP) is 3.95. The zero-order chi connectivity index (χ0) is 16.1. The number of amides is 1. The van der Waals surface area contributed by atoms with Gasteiger partial charge in [0.15, 0.2) is 0 Å². The highest BCUT2D eigenvalue weighted by Crippen LogP contribution is 2.29. The molecule has 6 heteroatoms. The Balaban J connectivity index is 1.54. The third kappa shape index (κ3) is 4.41. The summed E-state index contributed by atoms with van der Waals surface area (Å²) in [5, 5.41) is 6.97. The van der Waals surface area contributed by atoms with Crippen LogP contribution in [0, 0.1) is 5.92 Å². The molecule has 2 aromatic heterocycles. The second-order valence-corrected chi connectivity index (χ2v) is 7.27. The summed E-state index contributed by atoms with van der Waals surface area (Å²) < 4.78 is 5.38. The standard InChI is InChI=1S/C17H23N3O2S/c1-2-15(21)18-11-13-8-9-14(23-13)17-19-16(22-20-17)10-7-12-5-3-4-6-12/h8-9,12H,2-7,10-11H2,1H3,(H,18,21). The summed E-state index contributed by atoms with van der Waals surface area (Å²) >= 11 is 1.60. The van der Waals surface area contributed by atoms with Gasteiger partial charge in [-0.3, -0.25) is 4.79 Å². The number of rotatable bonds is 7. The molecular formula is C17H23N3O2S. The number of carbonyl (C=O) groups excluding carboxylic acids is 1. The van der Waals surface area contributed by atoms with E-state index in [1.807, 2.05) is 19.1 Å². The smallest absolute Gasteiger partial charge is 0.226 e. The van der Waals surface area contributed by atoms with E-state index in [0.29, 0.717) is 18.8 Å². The highest BCUT2D eigenvalue weighted by Gasteiger charge is 2.17. The molecule has 1 saturated carbocycles. The molecule has 0 aromatic carbocycles. The van der Waals surface area contributed by atoms with Gasteiger partial charge in [-0.15, -0.1) is 11.3 Å². The lowest BCUT2D eigenvalue weighted by Crippen LogP contribution is -2.20. The lowest BCUT2D eigenvalue weighted by atomic mass is 10.0. The maximum atomic E-state index is 11.3. The van der Waals surface area contributed by atoms with Crippen LogP contribution in [-0.4, -0.2) is 16.0 Å². The van der Waals surface area contributed by atoms with Gasteiger partial charge in [-0.25, -0.2) is 0 Å². The lowest BCUT2D eigenvalue weighted by molar-refractivity contribution is -0.120. The van der Waals surface area contributed by atoms with Crippen LogP contribution in [0.4, 0.5) is 0 Å². The van der Waals surface area contributed by atoms with Crippen molar-refractivity contribution in [2.24, 2.45) is 5.92 Å². The summed E-state index contributed by atoms with van der Waals surface area (Å²) in [5.74, 6) is 2.29. The molecule has 0 bridgehead atoms. The monoisotopic (exact) mass is 333 g/mol. The molecule has 0 unspecified atom stereocenters. The van der Waals surface area contributed by atoms with E-state index in [9.17, 15) is 4.79 Å². The fraction of sp³-hybridized carbons (Fsp3) is 0.588. The van der Waals surface area contributed by atoms with E-state index in [-0.39, 0.29) is 5.91 Å². The Hall–Kier alpha value is -1.69. The first kappa shape index (κ1) is 16.2. The van der Waals surface area contributed by atoms with Gasteiger partial charge >= 0.3 is 0 Å². The minimum absolute atomic E-state index is 0.0636. The molecule has 0 spiro atoms. The van der Waals surface area contributed by atoms with Gasteiger partial charge in [-0.05, 0) is 24.5 Å². The fourth-order valence-electron chi connectivity index (χ4n) is 2.99. The molecule has 1 N–H and O–H groups in total. The second-order valence-electron chi connectivity index (χ2n) is 6.10. The Morgan fingerprint density at radius 1 is 1.39 bits per heavy atom. The SMILES string of the molecule is CCC(=O)NCc1ccc(-c2noc(CCC3CCCC3)n2)s1. The van der Waals surface area contributed by atoms with Gasteiger partial charge in [-0.2, -0.15) is 4.98 Å². The highest BCUT2D eigenvalue weighted by atomic mass is 32.1. The lowest BCUT2D eigenvalue weighted by Gasteiger charge is -2.04. The molecule has 2 aromatic rings. The topological polar surface area (TPSA) is 68.0 Å². The molecule has 23 heavy (non-hydrogen) atoms. The van der Waals surface area contributed by atoms with E-state index in [4.69, 9.17) is 4.52 Å². The summed E-state index contributed by atoms with van der Waals surface area (Å²) in [6.07, 6.45) is 7.96. The van der Waals surface area contributed by atoms with Gasteiger partial charge in [0, 0.05) is 17.7 Å². The maximum Gasteiger partial charge on any atom is 0.226 e. The number of aryl methyl sites for hydroxylation is 1. The Morgan fingerprint density at radius 3 is 3.00 bits per heavy atom. The first-order valence-electron chi connectivity index (χ1n) is 8.43. The van der Waals surface area contributed by atoms with Gasteiger partial charge in [-0.1, -0.05) is 37.8 Å². The van der Waals surface area contributed by atoms with Crippen LogP contribution in [0.3, 0.4) is 0 Å². The van der Waals surface area contributed by atoms with Crippen LogP contribution in [0.25, 0.3) is 10.7 Å². The van der Waals surface area contributed by atoms with E-state index < -0.39 is 0 Å². The van der Waals surface area contributed by atoms with Crippen LogP contribution in [0.5, 0.6) is 0 Å². The molecule has 3 rings (SSSR count). The quantitative estimate of drug-likeness (QED) is 0.833. The van der Waals surface area contributed by atoms with Crippen molar-refractivity contribution in [1.29, 1.82) is 0 Å². The first-order chi connectivity index (χ1) is 11.2. The number of hydrogen-bond acceptors (Lipinski definition) is 5. The zero-order valence-corrected chi connectivity index (χ0v) is 14.3. The fourth-order valence-corrected chi connectivity index (χ4v) is 3.86. The Morgan fingerprint density at radius 2 is 2.22 bits per heavy atom. The molecule has 124 valence electrons. The van der Waals surface area contributed by atoms with E-state index in [2.05, 4.69) is 15.5 Å². The Labute approximate surface area is 140 Å². The summed E-state index contributed by atoms with van der Waals surface area (Å²) in [5.41, 5.74) is 0. The van der Waals surface area contributed by atoms with Crippen LogP contribution in [-0.2, 0) is 17.8 Å². The first-order valence-corrected chi connectivity index (χ1v) is 9.24. The molecule has 0 atom stereocenters. The maximum absolute atomic E-state index is 11.3. The third-order valence-corrected chi connectivity index (χ3v) is 5.45. The minimum Gasteiger partial charge on any atom is -0.351 e. The van der Waals surface area contributed by atoms with Crippen molar-refractivity contribution in [2.45, 2.75) is 58.4 Å². The Bertz CT molecular complexity index is 644. The molecule has 1 fully saturated rings. The van der Waals surface area contributed by atoms with E-state index >= 15 is 0 Å². The molecule has 1 amide bonds. The molecule has 0 saturated heterocycles. The number of nitrogens with zero attached hydrogens (tertiary/aromatic N) is 2. The van der Waals surface area contributed by atoms with Crippen molar-refractivity contribution < 1.29 is 9.32 Å². The summed E-state index contributed by atoms with van der Waals surface area (Å²) in [6.45, 7) is 2.41. The molecule has 1 aliphatic carbocycles. The summed E-state index contributed by atoms with van der Waals surface area (Å²) in [6, 6.07) is 3.99. The number of nitrogens with one attached hydrogen (secondary N) is 1. The minimum atomic E-state index is 0.0636. The molecule has 1 aliphatic rings. The molecule has 5 nitrogen and oxygen atoms in total. The predicted molar refractivity (Wildman–Crippen MR) is 90.0 cm³/mol. The van der Waals surface area contributed by atoms with Crippen molar-refractivity contribution in [1.82, 2.24) is 15.5 Å². The van der Waals surface area contributed by atoms with Crippen molar-refractivity contribution in [3.63, 3.8) is 0 Å². The molecule has 2 heterocycles. The summed E-state index contributed by atoms with van der Waals surface area (Å²) in [7, 11) is 0. The number of aromatic nitrogens is 2. The molecule has 0 radical (unpaired) electrons. The van der Waals surface area contributed by atoms with Gasteiger partial charge in [0.25, 0.3) is 0 Å². The van der Waals surface area contributed by atoms with Crippen LogP contribution in [0.2, 0.25) is 0 Å². The van der Waals surface area contributed by atoms with Gasteiger partial charge in [0.05, 0.1) is 11.4 Å². The summed E-state index contributed by atoms with van der Waals surface area (Å²) in [4.78, 5) is 17.9.